The lowest BCUT2D eigenvalue weighted by atomic mass is 10.0. The van der Waals surface area contributed by atoms with Gasteiger partial charge < -0.3 is 15.5 Å². The second-order valence-corrected chi connectivity index (χ2v) is 7.91. The van der Waals surface area contributed by atoms with Crippen molar-refractivity contribution < 1.29 is 9.59 Å². The van der Waals surface area contributed by atoms with Crippen LogP contribution in [0.25, 0.3) is 0 Å². The van der Waals surface area contributed by atoms with E-state index in [1.54, 1.807) is 0 Å². The van der Waals surface area contributed by atoms with Gasteiger partial charge in [-0.1, -0.05) is 0 Å². The first-order valence-electron chi connectivity index (χ1n) is 9.12. The maximum atomic E-state index is 12.7. The molecule has 0 atom stereocenters. The maximum absolute atomic E-state index is 12.7. The lowest BCUT2D eigenvalue weighted by molar-refractivity contribution is -0.135. The van der Waals surface area contributed by atoms with E-state index in [9.17, 15) is 9.59 Å². The first-order chi connectivity index (χ1) is 11.6. The lowest BCUT2D eigenvalue weighted by Gasteiger charge is -2.25. The summed E-state index contributed by atoms with van der Waals surface area (Å²) in [5.41, 5.74) is 1.68. The van der Waals surface area contributed by atoms with Gasteiger partial charge in [0.05, 0.1) is 0 Å². The fraction of sp³-hybridized carbons (Fsp3) is 0.600. The summed E-state index contributed by atoms with van der Waals surface area (Å²) in [5.74, 6) is -0.372. The van der Waals surface area contributed by atoms with Gasteiger partial charge >= 0.3 is 0 Å². The van der Waals surface area contributed by atoms with E-state index in [1.165, 1.54) is 0 Å². The minimum absolute atomic E-state index is 0.171. The molecule has 5 nitrogen and oxygen atoms in total. The molecule has 0 radical (unpaired) electrons. The first-order valence-corrected chi connectivity index (χ1v) is 9.12. The number of benzene rings is 1. The summed E-state index contributed by atoms with van der Waals surface area (Å²) in [6.07, 6.45) is 1.22. The molecule has 1 aliphatic rings. The zero-order chi connectivity index (χ0) is 18.8. The monoisotopic (exact) mass is 345 g/mol. The van der Waals surface area contributed by atoms with Gasteiger partial charge in [0.25, 0.3) is 0 Å². The predicted octanol–water partition coefficient (Wildman–Crippen LogP) is 3.47. The topological polar surface area (TPSA) is 61.4 Å². The fourth-order valence-corrected chi connectivity index (χ4v) is 2.96. The molecule has 0 unspecified atom stereocenters. The van der Waals surface area contributed by atoms with Crippen LogP contribution in [0.2, 0.25) is 0 Å². The van der Waals surface area contributed by atoms with Crippen LogP contribution in [0.5, 0.6) is 0 Å². The van der Waals surface area contributed by atoms with E-state index in [0.717, 1.165) is 30.0 Å². The number of amides is 2. The smallest absolute Gasteiger partial charge is 0.240 e. The van der Waals surface area contributed by atoms with Gasteiger partial charge in [-0.3, -0.25) is 9.59 Å². The molecular weight excluding hydrogens is 314 g/mol. The van der Waals surface area contributed by atoms with Crippen molar-refractivity contribution in [3.8, 4) is 0 Å². The molecule has 1 aliphatic carbocycles. The van der Waals surface area contributed by atoms with Crippen LogP contribution in [0.3, 0.4) is 0 Å². The van der Waals surface area contributed by atoms with E-state index < -0.39 is 5.41 Å². The molecule has 1 saturated carbocycles. The minimum Gasteiger partial charge on any atom is -0.372 e. The predicted molar refractivity (Wildman–Crippen MR) is 103 cm³/mol. The number of carbonyl (C=O) groups is 2. The number of hydrogen-bond acceptors (Lipinski definition) is 3. The third kappa shape index (κ3) is 4.33. The van der Waals surface area contributed by atoms with Crippen molar-refractivity contribution in [2.45, 2.75) is 59.9 Å². The number of nitrogens with zero attached hydrogens (tertiary/aromatic N) is 1. The van der Waals surface area contributed by atoms with Gasteiger partial charge in [0.2, 0.25) is 11.8 Å². The van der Waals surface area contributed by atoms with Gasteiger partial charge in [0.15, 0.2) is 0 Å². The average molecular weight is 345 g/mol. The highest BCUT2D eigenvalue weighted by Gasteiger charge is 2.57. The Morgan fingerprint density at radius 2 is 1.72 bits per heavy atom. The molecule has 0 saturated heterocycles. The second kappa shape index (κ2) is 7.06. The zero-order valence-electron chi connectivity index (χ0n) is 16.3. The molecule has 0 spiro atoms. The molecule has 1 aromatic carbocycles. The van der Waals surface area contributed by atoms with E-state index in [2.05, 4.69) is 35.4 Å². The lowest BCUT2D eigenvalue weighted by Crippen LogP contribution is -2.48. The number of anilines is 2. The van der Waals surface area contributed by atoms with Gasteiger partial charge in [-0.05, 0) is 78.1 Å². The molecule has 1 aromatic rings. The minimum atomic E-state index is -0.905. The Balaban J connectivity index is 2.12. The Hall–Kier alpha value is -2.04. The van der Waals surface area contributed by atoms with Gasteiger partial charge in [-0.15, -0.1) is 0 Å². The summed E-state index contributed by atoms with van der Waals surface area (Å²) in [4.78, 5) is 27.5. The summed E-state index contributed by atoms with van der Waals surface area (Å²) < 4.78 is 0. The Labute approximate surface area is 151 Å². The zero-order valence-corrected chi connectivity index (χ0v) is 16.3. The molecule has 0 bridgehead atoms. The highest BCUT2D eigenvalue weighted by atomic mass is 16.2. The SMILES string of the molecule is CCN(CC)c1ccc(NC(=O)C2(C(=O)NC(C)(C)C)CC2)c(C)c1. The van der Waals surface area contributed by atoms with Crippen LogP contribution in [0.15, 0.2) is 18.2 Å². The van der Waals surface area contributed by atoms with Gasteiger partial charge in [-0.2, -0.15) is 0 Å². The summed E-state index contributed by atoms with van der Waals surface area (Å²) >= 11 is 0. The normalized spacial score (nSPS) is 15.4. The Bertz CT molecular complexity index is 653. The average Bonchev–Trinajstić information content (AvgIpc) is 3.31. The van der Waals surface area contributed by atoms with Crippen LogP contribution in [0, 0.1) is 12.3 Å². The second-order valence-electron chi connectivity index (χ2n) is 7.91. The molecule has 138 valence electrons. The summed E-state index contributed by atoms with van der Waals surface area (Å²) in [7, 11) is 0. The van der Waals surface area contributed by atoms with E-state index in [-0.39, 0.29) is 17.4 Å². The number of carbonyl (C=O) groups excluding carboxylic acids is 2. The van der Waals surface area contributed by atoms with E-state index in [0.29, 0.717) is 12.8 Å². The van der Waals surface area contributed by atoms with Crippen LogP contribution < -0.4 is 15.5 Å². The number of hydrogen-bond donors (Lipinski definition) is 2. The van der Waals surface area contributed by atoms with Gasteiger partial charge in [0, 0.05) is 30.0 Å². The van der Waals surface area contributed by atoms with Gasteiger partial charge in [-0.25, -0.2) is 0 Å². The van der Waals surface area contributed by atoms with Gasteiger partial charge in [0.1, 0.15) is 5.41 Å². The molecule has 0 aliphatic heterocycles. The molecule has 0 heterocycles. The van der Waals surface area contributed by atoms with E-state index in [4.69, 9.17) is 0 Å². The number of rotatable bonds is 6. The van der Waals surface area contributed by atoms with Crippen molar-refractivity contribution in [3.63, 3.8) is 0 Å². The van der Waals surface area contributed by atoms with Crippen LogP contribution in [-0.4, -0.2) is 30.4 Å². The molecule has 25 heavy (non-hydrogen) atoms. The van der Waals surface area contributed by atoms with Crippen molar-refractivity contribution >= 4 is 23.2 Å². The first kappa shape index (κ1) is 19.3. The van der Waals surface area contributed by atoms with Crippen LogP contribution >= 0.6 is 0 Å². The Morgan fingerprint density at radius 1 is 1.12 bits per heavy atom. The van der Waals surface area contributed by atoms with Crippen LogP contribution in [0.4, 0.5) is 11.4 Å². The van der Waals surface area contributed by atoms with Crippen LogP contribution in [0.1, 0.15) is 53.0 Å². The highest BCUT2D eigenvalue weighted by Crippen LogP contribution is 2.47. The van der Waals surface area contributed by atoms with E-state index in [1.807, 2.05) is 39.8 Å². The van der Waals surface area contributed by atoms with Crippen molar-refractivity contribution in [3.05, 3.63) is 23.8 Å². The highest BCUT2D eigenvalue weighted by molar-refractivity contribution is 6.13. The number of aryl methyl sites for hydroxylation is 1. The molecule has 2 rings (SSSR count). The molecule has 0 aromatic heterocycles. The molecular formula is C20H31N3O2. The largest absolute Gasteiger partial charge is 0.372 e. The fourth-order valence-electron chi connectivity index (χ4n) is 2.96. The summed E-state index contributed by atoms with van der Waals surface area (Å²) in [5, 5.41) is 5.90. The van der Waals surface area contributed by atoms with Crippen molar-refractivity contribution in [2.24, 2.45) is 5.41 Å². The molecule has 2 N–H and O–H groups in total. The maximum Gasteiger partial charge on any atom is 0.240 e. The quantitative estimate of drug-likeness (QED) is 0.776. The van der Waals surface area contributed by atoms with E-state index >= 15 is 0 Å². The molecule has 5 heteroatoms. The summed E-state index contributed by atoms with van der Waals surface area (Å²) in [6, 6.07) is 6.03. The third-order valence-corrected chi connectivity index (χ3v) is 4.69. The summed E-state index contributed by atoms with van der Waals surface area (Å²) in [6.45, 7) is 13.9. The van der Waals surface area contributed by atoms with Crippen molar-refractivity contribution in [1.82, 2.24) is 5.32 Å². The third-order valence-electron chi connectivity index (χ3n) is 4.69. The Morgan fingerprint density at radius 3 is 2.16 bits per heavy atom. The van der Waals surface area contributed by atoms with Crippen molar-refractivity contribution in [2.75, 3.05) is 23.3 Å². The Kier molecular flexibility index (Phi) is 5.45. The standard InChI is InChI=1S/C20H31N3O2/c1-7-23(8-2)15-9-10-16(14(3)13-15)21-17(24)20(11-12-20)18(25)22-19(4,5)6/h9-10,13H,7-8,11-12H2,1-6H3,(H,21,24)(H,22,25). The van der Waals surface area contributed by atoms with Crippen LogP contribution in [-0.2, 0) is 9.59 Å². The number of nitrogens with one attached hydrogen (secondary N) is 2. The molecule has 2 amide bonds. The van der Waals surface area contributed by atoms with Crippen molar-refractivity contribution in [1.29, 1.82) is 0 Å². The molecule has 1 fully saturated rings.